The van der Waals surface area contributed by atoms with Gasteiger partial charge >= 0.3 is 5.97 Å². The molecule has 0 bridgehead atoms. The first kappa shape index (κ1) is 25.6. The van der Waals surface area contributed by atoms with Gasteiger partial charge < -0.3 is 15.3 Å². The zero-order valence-electron chi connectivity index (χ0n) is 17.2. The van der Waals surface area contributed by atoms with Crippen LogP contribution in [0.5, 0.6) is 0 Å². The Bertz CT molecular complexity index is 725. The summed E-state index contributed by atoms with van der Waals surface area (Å²) in [7, 11) is 0. The van der Waals surface area contributed by atoms with E-state index in [0.29, 0.717) is 19.3 Å². The van der Waals surface area contributed by atoms with E-state index >= 15 is 0 Å². The molecule has 0 aliphatic heterocycles. The molecule has 2 aliphatic carbocycles. The van der Waals surface area contributed by atoms with Crippen molar-refractivity contribution >= 4 is 5.97 Å². The van der Waals surface area contributed by atoms with Gasteiger partial charge in [0.2, 0.25) is 0 Å². The molecule has 2 aliphatic rings. The Hall–Kier alpha value is -0.616. The summed E-state index contributed by atoms with van der Waals surface area (Å²) in [5.41, 5.74) is 2.55. The van der Waals surface area contributed by atoms with Crippen LogP contribution in [0, 0.1) is 59.0 Å². The van der Waals surface area contributed by atoms with E-state index in [2.05, 4.69) is 12.1 Å². The summed E-state index contributed by atoms with van der Waals surface area (Å²) in [6.45, 7) is 0. The number of allylic oxidation sites excluding steroid dienone is 3. The van der Waals surface area contributed by atoms with Crippen molar-refractivity contribution in [3.63, 3.8) is 0 Å². The van der Waals surface area contributed by atoms with E-state index in [1.807, 2.05) is 24.3 Å². The van der Waals surface area contributed by atoms with Gasteiger partial charge in [-0.15, -0.1) is 0 Å². The molecule has 0 spiro atoms. The van der Waals surface area contributed by atoms with E-state index < -0.39 is 30.3 Å². The monoisotopic (exact) mass is 543 g/mol. The Morgan fingerprint density at radius 2 is 1.87 bits per heavy atom. The Balaban J connectivity index is 0.00000320. The van der Waals surface area contributed by atoms with Crippen LogP contribution in [0.1, 0.15) is 43.2 Å². The summed E-state index contributed by atoms with van der Waals surface area (Å²) in [5.74, 6) is -1.32. The van der Waals surface area contributed by atoms with Crippen molar-refractivity contribution in [1.29, 1.82) is 0 Å². The molecular weight excluding hydrogens is 512 g/mol. The van der Waals surface area contributed by atoms with Crippen LogP contribution in [0.2, 0.25) is 0 Å². The third kappa shape index (κ3) is 6.95. The number of benzene rings is 1. The van der Waals surface area contributed by atoms with E-state index in [4.69, 9.17) is 5.11 Å². The molecule has 1 aromatic carbocycles. The van der Waals surface area contributed by atoms with Crippen molar-refractivity contribution in [2.24, 2.45) is 17.8 Å². The molecule has 30 heavy (non-hydrogen) atoms. The summed E-state index contributed by atoms with van der Waals surface area (Å²) >= 11 is 0. The second-order valence-electron chi connectivity index (χ2n) is 8.37. The number of alkyl halides is 1. The topological polar surface area (TPSA) is 77.8 Å². The predicted molar refractivity (Wildman–Crippen MR) is 110 cm³/mol. The molecule has 4 nitrogen and oxygen atoms in total. The fourth-order valence-corrected chi connectivity index (χ4v) is 4.64. The molecule has 1 radical (unpaired) electrons. The number of fused-ring (bicyclic) bond motifs is 1. The Labute approximate surface area is 211 Å². The van der Waals surface area contributed by atoms with Crippen molar-refractivity contribution in [1.82, 2.24) is 0 Å². The number of hydrogen-bond donors (Lipinski definition) is 3. The third-order valence-electron chi connectivity index (χ3n) is 6.31. The summed E-state index contributed by atoms with van der Waals surface area (Å²) < 4.78 is 14.5. The average Bonchev–Trinajstić information content (AvgIpc) is 3.23. The molecule has 5 atom stereocenters. The fraction of sp³-hybridized carbons (Fsp3) is 0.542. The smallest absolute Gasteiger partial charge is 0.303 e. The first-order valence-electron chi connectivity index (χ1n) is 10.6. The van der Waals surface area contributed by atoms with Crippen molar-refractivity contribution in [2.75, 3.05) is 0 Å². The molecule has 3 rings (SSSR count). The van der Waals surface area contributed by atoms with Gasteiger partial charge in [0.05, 0.1) is 12.2 Å². The molecule has 0 heterocycles. The SMILES string of the molecule is O=C(O)CCC/C=C/CC1C(O)CC(F)C1/C=C/C(O)C1Cc2ccccc2C1.[Pr]. The van der Waals surface area contributed by atoms with E-state index in [1.165, 1.54) is 11.1 Å². The van der Waals surface area contributed by atoms with Gasteiger partial charge in [-0.2, -0.15) is 0 Å². The zero-order chi connectivity index (χ0) is 20.8. The number of aliphatic hydroxyl groups is 2. The number of unbranched alkanes of at least 4 members (excludes halogenated alkanes) is 1. The molecule has 1 saturated carbocycles. The maximum absolute atomic E-state index is 14.5. The molecule has 1 aromatic rings. The maximum Gasteiger partial charge on any atom is 0.303 e. The molecule has 0 aromatic heterocycles. The number of hydrogen-bond acceptors (Lipinski definition) is 3. The van der Waals surface area contributed by atoms with Crippen LogP contribution in [0.15, 0.2) is 48.6 Å². The summed E-state index contributed by atoms with van der Waals surface area (Å²) in [6, 6.07) is 8.21. The largest absolute Gasteiger partial charge is 0.481 e. The summed E-state index contributed by atoms with van der Waals surface area (Å²) in [5, 5.41) is 29.5. The van der Waals surface area contributed by atoms with Gasteiger partial charge in [0.25, 0.3) is 0 Å². The molecule has 3 N–H and O–H groups in total. The third-order valence-corrected chi connectivity index (χ3v) is 6.31. The number of halogens is 1. The van der Waals surface area contributed by atoms with E-state index in [0.717, 1.165) is 12.8 Å². The van der Waals surface area contributed by atoms with Crippen LogP contribution in [0.25, 0.3) is 0 Å². The number of carboxylic acids is 1. The number of rotatable bonds is 9. The Morgan fingerprint density at radius 1 is 1.20 bits per heavy atom. The van der Waals surface area contributed by atoms with Crippen molar-refractivity contribution in [3.05, 3.63) is 59.7 Å². The van der Waals surface area contributed by atoms with Gasteiger partial charge in [0.1, 0.15) is 6.17 Å². The van der Waals surface area contributed by atoms with Gasteiger partial charge in [-0.05, 0) is 55.1 Å². The van der Waals surface area contributed by atoms with Crippen molar-refractivity contribution < 1.29 is 65.8 Å². The number of aliphatic hydroxyl groups excluding tert-OH is 2. The summed E-state index contributed by atoms with van der Waals surface area (Å²) in [4.78, 5) is 10.5. The van der Waals surface area contributed by atoms with E-state index in [-0.39, 0.29) is 66.0 Å². The predicted octanol–water partition coefficient (Wildman–Crippen LogP) is 3.85. The molecule has 0 amide bonds. The van der Waals surface area contributed by atoms with Gasteiger partial charge in [-0.3, -0.25) is 4.79 Å². The average molecular weight is 543 g/mol. The van der Waals surface area contributed by atoms with Gasteiger partial charge in [0.15, 0.2) is 0 Å². The normalized spacial score (nSPS) is 27.4. The van der Waals surface area contributed by atoms with Gasteiger partial charge in [-0.25, -0.2) is 4.39 Å². The molecule has 5 unspecified atom stereocenters. The second-order valence-corrected chi connectivity index (χ2v) is 8.37. The molecular formula is C24H31FO4Pr. The van der Waals surface area contributed by atoms with E-state index in [9.17, 15) is 19.4 Å². The molecule has 161 valence electrons. The van der Waals surface area contributed by atoms with Crippen LogP contribution in [-0.2, 0) is 17.6 Å². The quantitative estimate of drug-likeness (QED) is 0.327. The standard InChI is InChI=1S/C24H31FO4.Pr/c25-21-15-23(27)20(9-3-1-2-4-10-24(28)29)19(21)11-12-22(26)18-13-16-7-5-6-8-17(16)14-18;/h1,3,5-8,11-12,18-23,26-27H,2,4,9-10,13-15H2,(H,28,29);/b3-1+,12-11+;. The number of carbonyl (C=O) groups is 1. The summed E-state index contributed by atoms with van der Waals surface area (Å²) in [6.07, 6.45) is 8.57. The number of aliphatic carboxylic acids is 1. The minimum Gasteiger partial charge on any atom is -0.481 e. The van der Waals surface area contributed by atoms with Crippen LogP contribution < -0.4 is 0 Å². The first-order chi connectivity index (χ1) is 14.0. The van der Waals surface area contributed by atoms with Crippen LogP contribution >= 0.6 is 0 Å². The molecule has 6 heteroatoms. The van der Waals surface area contributed by atoms with Crippen LogP contribution in [-0.4, -0.2) is 39.7 Å². The van der Waals surface area contributed by atoms with Crippen LogP contribution in [0.3, 0.4) is 0 Å². The zero-order valence-corrected chi connectivity index (χ0v) is 20.9. The minimum absolute atomic E-state index is 0. The van der Waals surface area contributed by atoms with Gasteiger partial charge in [0, 0.05) is 60.1 Å². The Kier molecular flexibility index (Phi) is 10.6. The minimum atomic E-state index is -1.11. The van der Waals surface area contributed by atoms with Gasteiger partial charge in [-0.1, -0.05) is 48.6 Å². The fourth-order valence-electron chi connectivity index (χ4n) is 4.64. The molecule has 0 saturated heterocycles. The Morgan fingerprint density at radius 3 is 2.50 bits per heavy atom. The van der Waals surface area contributed by atoms with Crippen LogP contribution in [0.4, 0.5) is 4.39 Å². The number of carboxylic acid groups (broad SMARTS) is 1. The van der Waals surface area contributed by atoms with Crippen molar-refractivity contribution in [2.45, 2.75) is 63.3 Å². The van der Waals surface area contributed by atoms with Crippen molar-refractivity contribution in [3.8, 4) is 0 Å². The maximum atomic E-state index is 14.5. The first-order valence-corrected chi connectivity index (χ1v) is 10.6. The van der Waals surface area contributed by atoms with E-state index in [1.54, 1.807) is 12.2 Å². The second kappa shape index (κ2) is 12.4. The molecule has 1 fully saturated rings.